The fraction of sp³-hybridized carbons (Fsp3) is 0.700. The third kappa shape index (κ3) is 5.30. The Balaban J connectivity index is 4.53. The van der Waals surface area contributed by atoms with Crippen LogP contribution < -0.4 is 16.1 Å². The van der Waals surface area contributed by atoms with Crippen LogP contribution in [0.1, 0.15) is 27.7 Å². The van der Waals surface area contributed by atoms with E-state index in [2.05, 4.69) is 10.6 Å². The van der Waals surface area contributed by atoms with Crippen molar-refractivity contribution in [3.8, 4) is 0 Å². The van der Waals surface area contributed by atoms with Crippen molar-refractivity contribution in [2.75, 3.05) is 0 Å². The zero-order chi connectivity index (χ0) is 13.6. The van der Waals surface area contributed by atoms with Gasteiger partial charge in [0.15, 0.2) is 0 Å². The molecule has 0 heterocycles. The van der Waals surface area contributed by atoms with Crippen LogP contribution in [0.4, 0.5) is 0 Å². The topological polar surface area (TPSA) is 108 Å². The highest BCUT2D eigenvalue weighted by atomic mass is 16.5. The molecule has 3 amide bonds. The molecule has 0 aromatic heterocycles. The Bertz CT molecular complexity index is 304. The van der Waals surface area contributed by atoms with Crippen LogP contribution in [-0.4, -0.2) is 35.0 Å². The van der Waals surface area contributed by atoms with Gasteiger partial charge in [-0.2, -0.15) is 0 Å². The molecule has 7 nitrogen and oxygen atoms in total. The summed E-state index contributed by atoms with van der Waals surface area (Å²) in [5.41, 5.74) is 1.44. The SMILES string of the molecule is CC(=O)N[C@H](C(=O)N[C@@H](C)C(=O)NO)C(C)C. The number of hydrogen-bond acceptors (Lipinski definition) is 4. The van der Waals surface area contributed by atoms with Gasteiger partial charge < -0.3 is 10.6 Å². The molecular formula is C10H19N3O4. The van der Waals surface area contributed by atoms with Crippen molar-refractivity contribution in [3.63, 3.8) is 0 Å². The minimum absolute atomic E-state index is 0.108. The second-order valence-electron chi connectivity index (χ2n) is 4.13. The summed E-state index contributed by atoms with van der Waals surface area (Å²) in [7, 11) is 0. The maximum atomic E-state index is 11.8. The summed E-state index contributed by atoms with van der Waals surface area (Å²) in [6, 6.07) is -1.58. The van der Waals surface area contributed by atoms with Crippen molar-refractivity contribution in [1.29, 1.82) is 0 Å². The fourth-order valence-electron chi connectivity index (χ4n) is 1.22. The average molecular weight is 245 g/mol. The molecule has 0 fully saturated rings. The van der Waals surface area contributed by atoms with Crippen LogP contribution in [0.2, 0.25) is 0 Å². The zero-order valence-electron chi connectivity index (χ0n) is 10.4. The van der Waals surface area contributed by atoms with E-state index in [1.54, 1.807) is 13.8 Å². The second-order valence-corrected chi connectivity index (χ2v) is 4.13. The number of amides is 3. The van der Waals surface area contributed by atoms with Crippen molar-refractivity contribution in [3.05, 3.63) is 0 Å². The zero-order valence-corrected chi connectivity index (χ0v) is 10.4. The Hall–Kier alpha value is -1.63. The van der Waals surface area contributed by atoms with Gasteiger partial charge in [0, 0.05) is 6.92 Å². The molecular weight excluding hydrogens is 226 g/mol. The van der Waals surface area contributed by atoms with E-state index in [1.165, 1.54) is 19.3 Å². The summed E-state index contributed by atoms with van der Waals surface area (Å²) >= 11 is 0. The van der Waals surface area contributed by atoms with Gasteiger partial charge in [0.25, 0.3) is 5.91 Å². The summed E-state index contributed by atoms with van der Waals surface area (Å²) < 4.78 is 0. The van der Waals surface area contributed by atoms with Gasteiger partial charge in [-0.1, -0.05) is 13.8 Å². The van der Waals surface area contributed by atoms with Gasteiger partial charge in [-0.25, -0.2) is 5.48 Å². The first-order valence-electron chi connectivity index (χ1n) is 5.31. The lowest BCUT2D eigenvalue weighted by atomic mass is 10.0. The maximum Gasteiger partial charge on any atom is 0.265 e. The number of hydrogen-bond donors (Lipinski definition) is 4. The highest BCUT2D eigenvalue weighted by Gasteiger charge is 2.25. The molecule has 2 atom stereocenters. The van der Waals surface area contributed by atoms with Crippen LogP contribution in [0.25, 0.3) is 0 Å². The number of carbonyl (C=O) groups is 3. The monoisotopic (exact) mass is 245 g/mol. The lowest BCUT2D eigenvalue weighted by Crippen LogP contribution is -2.53. The third-order valence-corrected chi connectivity index (χ3v) is 2.17. The Morgan fingerprint density at radius 2 is 1.53 bits per heavy atom. The highest BCUT2D eigenvalue weighted by Crippen LogP contribution is 2.02. The van der Waals surface area contributed by atoms with Crippen molar-refractivity contribution in [2.24, 2.45) is 5.92 Å². The van der Waals surface area contributed by atoms with Crippen LogP contribution in [0.3, 0.4) is 0 Å². The molecule has 0 aliphatic heterocycles. The first kappa shape index (κ1) is 15.4. The minimum atomic E-state index is -0.873. The lowest BCUT2D eigenvalue weighted by molar-refractivity contribution is -0.135. The summed E-state index contributed by atoms with van der Waals surface area (Å²) in [5, 5.41) is 13.3. The van der Waals surface area contributed by atoms with E-state index < -0.39 is 23.9 Å². The molecule has 0 saturated carbocycles. The van der Waals surface area contributed by atoms with E-state index in [0.717, 1.165) is 0 Å². The Labute approximate surface area is 99.9 Å². The lowest BCUT2D eigenvalue weighted by Gasteiger charge is -2.22. The summed E-state index contributed by atoms with van der Waals surface area (Å²) in [6.07, 6.45) is 0. The smallest absolute Gasteiger partial charge is 0.265 e. The van der Waals surface area contributed by atoms with Crippen molar-refractivity contribution >= 4 is 17.7 Å². The van der Waals surface area contributed by atoms with Crippen LogP contribution in [0, 0.1) is 5.92 Å². The predicted octanol–water partition coefficient (Wildman–Crippen LogP) is -0.843. The Kier molecular flexibility index (Phi) is 6.19. The number of hydroxylamine groups is 1. The summed E-state index contributed by atoms with van der Waals surface area (Å²) in [4.78, 5) is 33.7. The van der Waals surface area contributed by atoms with Gasteiger partial charge in [-0.15, -0.1) is 0 Å². The van der Waals surface area contributed by atoms with E-state index in [-0.39, 0.29) is 11.8 Å². The molecule has 0 aromatic carbocycles. The van der Waals surface area contributed by atoms with E-state index in [1.807, 2.05) is 0 Å². The second kappa shape index (κ2) is 6.85. The number of nitrogens with one attached hydrogen (secondary N) is 3. The molecule has 0 aromatic rings. The molecule has 0 aliphatic carbocycles. The summed E-state index contributed by atoms with van der Waals surface area (Å²) in [5.74, 6) is -1.61. The van der Waals surface area contributed by atoms with Crippen LogP contribution in [0.15, 0.2) is 0 Å². The van der Waals surface area contributed by atoms with Gasteiger partial charge in [-0.05, 0) is 12.8 Å². The fourth-order valence-corrected chi connectivity index (χ4v) is 1.22. The van der Waals surface area contributed by atoms with Crippen LogP contribution in [0.5, 0.6) is 0 Å². The normalized spacial score (nSPS) is 13.8. The first-order valence-corrected chi connectivity index (χ1v) is 5.31. The Morgan fingerprint density at radius 3 is 1.88 bits per heavy atom. The molecule has 0 aliphatic rings. The van der Waals surface area contributed by atoms with E-state index >= 15 is 0 Å². The van der Waals surface area contributed by atoms with Crippen LogP contribution >= 0.6 is 0 Å². The van der Waals surface area contributed by atoms with E-state index in [9.17, 15) is 14.4 Å². The maximum absolute atomic E-state index is 11.8. The predicted molar refractivity (Wildman–Crippen MR) is 60.0 cm³/mol. The molecule has 98 valence electrons. The van der Waals surface area contributed by atoms with Crippen molar-refractivity contribution < 1.29 is 19.6 Å². The molecule has 4 N–H and O–H groups in total. The number of rotatable bonds is 5. The quantitative estimate of drug-likeness (QED) is 0.374. The van der Waals surface area contributed by atoms with Gasteiger partial charge in [-0.3, -0.25) is 19.6 Å². The van der Waals surface area contributed by atoms with Gasteiger partial charge >= 0.3 is 0 Å². The molecule has 0 spiro atoms. The molecule has 0 unspecified atom stereocenters. The molecule has 0 bridgehead atoms. The highest BCUT2D eigenvalue weighted by molar-refractivity contribution is 5.91. The first-order chi connectivity index (χ1) is 7.79. The third-order valence-electron chi connectivity index (χ3n) is 2.17. The Morgan fingerprint density at radius 1 is 1.00 bits per heavy atom. The number of carbonyl (C=O) groups excluding carboxylic acids is 3. The van der Waals surface area contributed by atoms with Gasteiger partial charge in [0.1, 0.15) is 12.1 Å². The largest absolute Gasteiger partial charge is 0.344 e. The molecule has 0 saturated heterocycles. The van der Waals surface area contributed by atoms with Crippen molar-refractivity contribution in [2.45, 2.75) is 39.8 Å². The van der Waals surface area contributed by atoms with Gasteiger partial charge in [0.05, 0.1) is 0 Å². The van der Waals surface area contributed by atoms with E-state index in [0.29, 0.717) is 0 Å². The molecule has 0 radical (unpaired) electrons. The molecule has 17 heavy (non-hydrogen) atoms. The summed E-state index contributed by atoms with van der Waals surface area (Å²) in [6.45, 7) is 6.29. The van der Waals surface area contributed by atoms with Crippen molar-refractivity contribution in [1.82, 2.24) is 16.1 Å². The van der Waals surface area contributed by atoms with Crippen LogP contribution in [-0.2, 0) is 14.4 Å². The molecule has 7 heteroatoms. The average Bonchev–Trinajstić information content (AvgIpc) is 2.23. The van der Waals surface area contributed by atoms with E-state index in [4.69, 9.17) is 5.21 Å². The minimum Gasteiger partial charge on any atom is -0.344 e. The van der Waals surface area contributed by atoms with Gasteiger partial charge in [0.2, 0.25) is 11.8 Å². The standard InChI is InChI=1S/C10H19N3O4/c1-5(2)8(12-7(4)14)10(16)11-6(3)9(15)13-17/h5-6,8,17H,1-4H3,(H,11,16)(H,12,14)(H,13,15)/t6-,8-/m0/s1. The molecule has 0 rings (SSSR count).